The van der Waals surface area contributed by atoms with E-state index in [2.05, 4.69) is 27.7 Å². The summed E-state index contributed by atoms with van der Waals surface area (Å²) < 4.78 is 11.5. The summed E-state index contributed by atoms with van der Waals surface area (Å²) in [6.45, 7) is 10.3. The molecule has 0 bridgehead atoms. The maximum absolute atomic E-state index is 12.4. The molecule has 0 fully saturated rings. The van der Waals surface area contributed by atoms with E-state index in [-0.39, 0.29) is 11.9 Å². The van der Waals surface area contributed by atoms with Gasteiger partial charge in [-0.3, -0.25) is 9.59 Å². The number of carbonyl (C=O) groups excluding carboxylic acids is 2. The number of unbranched alkanes of at least 4 members (excludes halogenated alkanes) is 23. The molecule has 0 spiro atoms. The van der Waals surface area contributed by atoms with Crippen LogP contribution >= 0.6 is 0 Å². The van der Waals surface area contributed by atoms with E-state index in [1.807, 2.05) is 0 Å². The zero-order valence-corrected chi connectivity index (χ0v) is 33.2. The van der Waals surface area contributed by atoms with Gasteiger partial charge in [-0.25, -0.2) is 0 Å². The predicted octanol–water partition coefficient (Wildman–Crippen LogP) is 14.6. The van der Waals surface area contributed by atoms with Gasteiger partial charge in [-0.2, -0.15) is 0 Å². The number of esters is 2. The van der Waals surface area contributed by atoms with Gasteiger partial charge in [0.05, 0.1) is 13.2 Å². The van der Waals surface area contributed by atoms with Crippen LogP contribution in [0.2, 0.25) is 0 Å². The van der Waals surface area contributed by atoms with Crippen molar-refractivity contribution in [3.8, 4) is 0 Å². The molecule has 4 nitrogen and oxygen atoms in total. The SMILES string of the molecule is CCCCCCCCC(CCCCCC)COC(=O)CCCCCCCCCCC(=O)OCC(CCCCCC)CCCCCCCC. The first kappa shape index (κ1) is 46.9. The Morgan fingerprint density at radius 1 is 0.333 bits per heavy atom. The van der Waals surface area contributed by atoms with E-state index in [9.17, 15) is 9.59 Å². The molecule has 4 heteroatoms. The monoisotopic (exact) mass is 679 g/mol. The largest absolute Gasteiger partial charge is 0.465 e. The van der Waals surface area contributed by atoms with E-state index < -0.39 is 0 Å². The Labute approximate surface area is 301 Å². The molecule has 0 aromatic rings. The Hall–Kier alpha value is -1.06. The molecule has 0 amide bonds. The zero-order chi connectivity index (χ0) is 35.2. The second-order valence-electron chi connectivity index (χ2n) is 15.2. The van der Waals surface area contributed by atoms with Crippen LogP contribution in [0.5, 0.6) is 0 Å². The highest BCUT2D eigenvalue weighted by Gasteiger charge is 2.14. The Kier molecular flexibility index (Phi) is 37.9. The molecule has 0 aliphatic heterocycles. The molecule has 0 saturated carbocycles. The minimum atomic E-state index is 0.00797. The van der Waals surface area contributed by atoms with Crippen molar-refractivity contribution in [2.75, 3.05) is 13.2 Å². The summed E-state index contributed by atoms with van der Waals surface area (Å²) in [7, 11) is 0. The number of ether oxygens (including phenoxy) is 2. The fraction of sp³-hybridized carbons (Fsp3) is 0.955. The number of rotatable bonds is 39. The molecular formula is C44H86O4. The highest BCUT2D eigenvalue weighted by Crippen LogP contribution is 2.21. The van der Waals surface area contributed by atoms with E-state index in [0.29, 0.717) is 37.9 Å². The molecule has 0 radical (unpaired) electrons. The molecule has 0 N–H and O–H groups in total. The van der Waals surface area contributed by atoms with Gasteiger partial charge in [0.2, 0.25) is 0 Å². The van der Waals surface area contributed by atoms with Gasteiger partial charge < -0.3 is 9.47 Å². The summed E-state index contributed by atoms with van der Waals surface area (Å²) in [5.74, 6) is 1.11. The molecule has 0 aliphatic rings. The van der Waals surface area contributed by atoms with Crippen LogP contribution in [-0.2, 0) is 19.1 Å². The molecule has 0 aliphatic carbocycles. The standard InChI is InChI=1S/C44H86O4/c1-5-9-13-17-23-29-35-41(33-27-15-11-7-3)39-47-43(45)37-31-25-21-19-20-22-26-32-38-44(46)48-40-42(34-28-16-12-8-4)36-30-24-18-14-10-6-2/h41-42H,5-40H2,1-4H3. The molecular weight excluding hydrogens is 592 g/mol. The van der Waals surface area contributed by atoms with E-state index in [1.54, 1.807) is 0 Å². The summed E-state index contributed by atoms with van der Waals surface area (Å²) in [6, 6.07) is 0. The Morgan fingerprint density at radius 3 is 0.854 bits per heavy atom. The third-order valence-corrected chi connectivity index (χ3v) is 10.3. The van der Waals surface area contributed by atoms with E-state index in [0.717, 1.165) is 25.7 Å². The molecule has 2 unspecified atom stereocenters. The smallest absolute Gasteiger partial charge is 0.305 e. The summed E-state index contributed by atoms with van der Waals surface area (Å²) in [6.07, 6.45) is 41.2. The van der Waals surface area contributed by atoms with Gasteiger partial charge >= 0.3 is 11.9 Å². The third-order valence-electron chi connectivity index (χ3n) is 10.3. The van der Waals surface area contributed by atoms with E-state index in [4.69, 9.17) is 9.47 Å². The van der Waals surface area contributed by atoms with Crippen molar-refractivity contribution in [3.05, 3.63) is 0 Å². The second-order valence-corrected chi connectivity index (χ2v) is 15.2. The second kappa shape index (κ2) is 38.7. The van der Waals surface area contributed by atoms with E-state index >= 15 is 0 Å². The minimum Gasteiger partial charge on any atom is -0.465 e. The third kappa shape index (κ3) is 34.8. The summed E-state index contributed by atoms with van der Waals surface area (Å²) in [5, 5.41) is 0. The molecule has 2 atom stereocenters. The average Bonchev–Trinajstić information content (AvgIpc) is 3.09. The van der Waals surface area contributed by atoms with Crippen LogP contribution < -0.4 is 0 Å². The lowest BCUT2D eigenvalue weighted by Crippen LogP contribution is -2.14. The summed E-state index contributed by atoms with van der Waals surface area (Å²) in [4.78, 5) is 24.8. The van der Waals surface area contributed by atoms with Crippen molar-refractivity contribution in [1.29, 1.82) is 0 Å². The van der Waals surface area contributed by atoms with Crippen molar-refractivity contribution >= 4 is 11.9 Å². The summed E-state index contributed by atoms with van der Waals surface area (Å²) >= 11 is 0. The topological polar surface area (TPSA) is 52.6 Å². The molecule has 0 saturated heterocycles. The van der Waals surface area contributed by atoms with Gasteiger partial charge in [0.25, 0.3) is 0 Å². The van der Waals surface area contributed by atoms with Crippen molar-refractivity contribution < 1.29 is 19.1 Å². The lowest BCUT2D eigenvalue weighted by Gasteiger charge is -2.17. The summed E-state index contributed by atoms with van der Waals surface area (Å²) in [5.41, 5.74) is 0. The maximum Gasteiger partial charge on any atom is 0.305 e. The Balaban J connectivity index is 3.94. The molecule has 286 valence electrons. The maximum atomic E-state index is 12.4. The van der Waals surface area contributed by atoms with Crippen molar-refractivity contribution in [2.24, 2.45) is 11.8 Å². The van der Waals surface area contributed by atoms with Crippen LogP contribution in [0.4, 0.5) is 0 Å². The van der Waals surface area contributed by atoms with E-state index in [1.165, 1.54) is 180 Å². The van der Waals surface area contributed by atoms with Crippen LogP contribution in [0.25, 0.3) is 0 Å². The average molecular weight is 679 g/mol. The van der Waals surface area contributed by atoms with Crippen molar-refractivity contribution in [3.63, 3.8) is 0 Å². The van der Waals surface area contributed by atoms with Crippen LogP contribution in [0.15, 0.2) is 0 Å². The van der Waals surface area contributed by atoms with Crippen LogP contribution in [0, 0.1) is 11.8 Å². The van der Waals surface area contributed by atoms with Gasteiger partial charge in [-0.05, 0) is 50.4 Å². The Morgan fingerprint density at radius 2 is 0.562 bits per heavy atom. The Bertz CT molecular complexity index is 606. The molecule has 0 heterocycles. The van der Waals surface area contributed by atoms with Gasteiger partial charge in [0.1, 0.15) is 0 Å². The first-order valence-electron chi connectivity index (χ1n) is 21.9. The highest BCUT2D eigenvalue weighted by atomic mass is 16.5. The molecule has 0 aromatic carbocycles. The fourth-order valence-electron chi connectivity index (χ4n) is 6.93. The zero-order valence-electron chi connectivity index (χ0n) is 33.2. The molecule has 0 rings (SSSR count). The first-order chi connectivity index (χ1) is 23.6. The van der Waals surface area contributed by atoms with Gasteiger partial charge in [-0.1, -0.05) is 195 Å². The molecule has 48 heavy (non-hydrogen) atoms. The first-order valence-corrected chi connectivity index (χ1v) is 21.9. The van der Waals surface area contributed by atoms with Crippen LogP contribution in [-0.4, -0.2) is 25.2 Å². The lowest BCUT2D eigenvalue weighted by molar-refractivity contribution is -0.146. The number of hydrogen-bond donors (Lipinski definition) is 0. The van der Waals surface area contributed by atoms with Crippen LogP contribution in [0.3, 0.4) is 0 Å². The number of carbonyl (C=O) groups is 2. The van der Waals surface area contributed by atoms with Crippen molar-refractivity contribution in [2.45, 2.75) is 246 Å². The van der Waals surface area contributed by atoms with Gasteiger partial charge in [0.15, 0.2) is 0 Å². The fourth-order valence-corrected chi connectivity index (χ4v) is 6.93. The van der Waals surface area contributed by atoms with Crippen molar-refractivity contribution in [1.82, 2.24) is 0 Å². The predicted molar refractivity (Wildman–Crippen MR) is 209 cm³/mol. The van der Waals surface area contributed by atoms with Gasteiger partial charge in [-0.15, -0.1) is 0 Å². The normalized spacial score (nSPS) is 12.7. The van der Waals surface area contributed by atoms with Crippen LogP contribution in [0.1, 0.15) is 246 Å². The quantitative estimate of drug-likeness (QED) is 0.0479. The molecule has 0 aromatic heterocycles. The highest BCUT2D eigenvalue weighted by molar-refractivity contribution is 5.69. The van der Waals surface area contributed by atoms with Gasteiger partial charge in [0, 0.05) is 12.8 Å². The lowest BCUT2D eigenvalue weighted by atomic mass is 9.95. The number of hydrogen-bond acceptors (Lipinski definition) is 4. The minimum absolute atomic E-state index is 0.00797.